The highest BCUT2D eigenvalue weighted by Crippen LogP contribution is 2.50. The quantitative estimate of drug-likeness (QED) is 0.397. The average Bonchev–Trinajstić information content (AvgIpc) is 2.99. The minimum Gasteiger partial charge on any atom is -0.378 e. The second-order valence-electron chi connectivity index (χ2n) is 5.88. The molecule has 3 atom stereocenters. The number of nitrogens with one attached hydrogen (secondary N) is 1. The Morgan fingerprint density at radius 3 is 2.73 bits per heavy atom. The van der Waals surface area contributed by atoms with Gasteiger partial charge in [0.1, 0.15) is 0 Å². The van der Waals surface area contributed by atoms with Crippen molar-refractivity contribution in [2.75, 3.05) is 5.32 Å². The highest BCUT2D eigenvalue weighted by atomic mass is 127. The van der Waals surface area contributed by atoms with Crippen molar-refractivity contribution in [3.63, 3.8) is 0 Å². The van der Waals surface area contributed by atoms with E-state index in [4.69, 9.17) is 23.2 Å². The smallest absolute Gasteiger partial charge is 0.0595 e. The number of rotatable bonds is 1. The fraction of sp³-hybridized carbons (Fsp3) is 0.222. The van der Waals surface area contributed by atoms with Crippen LogP contribution in [0.15, 0.2) is 48.6 Å². The molecule has 1 N–H and O–H groups in total. The SMILES string of the molecule is Clc1ccc(C2Nc3ccc(I)cc3C3C=CCC32)cc1Cl. The third-order valence-electron chi connectivity index (χ3n) is 4.63. The minimum atomic E-state index is 0.266. The first-order valence-electron chi connectivity index (χ1n) is 7.31. The van der Waals surface area contributed by atoms with E-state index in [1.165, 1.54) is 20.4 Å². The number of halogens is 3. The van der Waals surface area contributed by atoms with E-state index < -0.39 is 0 Å². The number of allylic oxidation sites excluding steroid dienone is 2. The Bertz CT molecular complexity index is 772. The zero-order valence-electron chi connectivity index (χ0n) is 11.7. The van der Waals surface area contributed by atoms with Crippen molar-refractivity contribution in [1.29, 1.82) is 0 Å². The molecule has 4 rings (SSSR count). The van der Waals surface area contributed by atoms with Crippen molar-refractivity contribution in [2.45, 2.75) is 18.4 Å². The third kappa shape index (κ3) is 2.45. The van der Waals surface area contributed by atoms with Crippen LogP contribution in [-0.4, -0.2) is 0 Å². The summed E-state index contributed by atoms with van der Waals surface area (Å²) in [6.45, 7) is 0. The van der Waals surface area contributed by atoms with Crippen LogP contribution >= 0.6 is 45.8 Å². The van der Waals surface area contributed by atoms with Crippen LogP contribution in [0.4, 0.5) is 5.69 Å². The van der Waals surface area contributed by atoms with Crippen molar-refractivity contribution in [3.05, 3.63) is 73.3 Å². The Labute approximate surface area is 153 Å². The van der Waals surface area contributed by atoms with Crippen LogP contribution in [0.5, 0.6) is 0 Å². The highest BCUT2D eigenvalue weighted by Gasteiger charge is 2.37. The summed E-state index contributed by atoms with van der Waals surface area (Å²) >= 11 is 14.7. The molecule has 0 saturated carbocycles. The first-order valence-corrected chi connectivity index (χ1v) is 9.14. The third-order valence-corrected chi connectivity index (χ3v) is 6.04. The Balaban J connectivity index is 1.79. The van der Waals surface area contributed by atoms with Gasteiger partial charge in [-0.05, 0) is 76.4 Å². The first kappa shape index (κ1) is 14.9. The van der Waals surface area contributed by atoms with Crippen molar-refractivity contribution in [2.24, 2.45) is 5.92 Å². The fourth-order valence-electron chi connectivity index (χ4n) is 3.60. The van der Waals surface area contributed by atoms with Crippen LogP contribution < -0.4 is 5.32 Å². The molecule has 22 heavy (non-hydrogen) atoms. The lowest BCUT2D eigenvalue weighted by Gasteiger charge is -2.37. The van der Waals surface area contributed by atoms with Gasteiger partial charge in [0.15, 0.2) is 0 Å². The zero-order valence-corrected chi connectivity index (χ0v) is 15.4. The molecular weight excluding hydrogens is 428 g/mol. The Kier molecular flexibility index (Phi) is 3.87. The summed E-state index contributed by atoms with van der Waals surface area (Å²) in [6.07, 6.45) is 5.74. The molecule has 0 amide bonds. The molecule has 1 aliphatic heterocycles. The maximum Gasteiger partial charge on any atom is 0.0595 e. The Hall–Kier alpha value is -0.710. The van der Waals surface area contributed by atoms with Crippen LogP contribution in [-0.2, 0) is 0 Å². The van der Waals surface area contributed by atoms with Crippen molar-refractivity contribution < 1.29 is 0 Å². The summed E-state index contributed by atoms with van der Waals surface area (Å²) in [5.41, 5.74) is 3.84. The van der Waals surface area contributed by atoms with Gasteiger partial charge in [-0.2, -0.15) is 0 Å². The van der Waals surface area contributed by atoms with Gasteiger partial charge in [0.05, 0.1) is 16.1 Å². The van der Waals surface area contributed by atoms with E-state index in [-0.39, 0.29) is 6.04 Å². The van der Waals surface area contributed by atoms with Gasteiger partial charge < -0.3 is 5.32 Å². The molecule has 0 radical (unpaired) electrons. The lowest BCUT2D eigenvalue weighted by molar-refractivity contribution is 0.425. The molecule has 2 aliphatic rings. The van der Waals surface area contributed by atoms with Gasteiger partial charge in [0.2, 0.25) is 0 Å². The normalized spacial score (nSPS) is 25.5. The van der Waals surface area contributed by atoms with E-state index >= 15 is 0 Å². The molecule has 0 saturated heterocycles. The summed E-state index contributed by atoms with van der Waals surface area (Å²) in [5.74, 6) is 1.01. The topological polar surface area (TPSA) is 12.0 Å². The van der Waals surface area contributed by atoms with Gasteiger partial charge >= 0.3 is 0 Å². The molecule has 0 aromatic heterocycles. The zero-order chi connectivity index (χ0) is 15.3. The molecule has 1 nitrogen and oxygen atoms in total. The fourth-order valence-corrected chi connectivity index (χ4v) is 4.42. The number of anilines is 1. The molecule has 2 aromatic rings. The summed E-state index contributed by atoms with van der Waals surface area (Å²) < 4.78 is 1.28. The van der Waals surface area contributed by atoms with Gasteiger partial charge in [-0.25, -0.2) is 0 Å². The van der Waals surface area contributed by atoms with E-state index in [1.54, 1.807) is 0 Å². The van der Waals surface area contributed by atoms with E-state index in [9.17, 15) is 0 Å². The minimum absolute atomic E-state index is 0.266. The monoisotopic (exact) mass is 441 g/mol. The van der Waals surface area contributed by atoms with Gasteiger partial charge in [0.25, 0.3) is 0 Å². The molecule has 0 spiro atoms. The van der Waals surface area contributed by atoms with E-state index in [0.717, 1.165) is 6.42 Å². The molecule has 1 aliphatic carbocycles. The maximum absolute atomic E-state index is 6.22. The predicted molar refractivity (Wildman–Crippen MR) is 102 cm³/mol. The van der Waals surface area contributed by atoms with E-state index in [2.05, 4.69) is 64.3 Å². The molecular formula is C18H14Cl2IN. The van der Waals surface area contributed by atoms with Crippen LogP contribution in [0.2, 0.25) is 10.0 Å². The predicted octanol–water partition coefficient (Wildman–Crippen LogP) is 6.42. The molecule has 4 heteroatoms. The van der Waals surface area contributed by atoms with Crippen molar-refractivity contribution in [3.8, 4) is 0 Å². The lowest BCUT2D eigenvalue weighted by Crippen LogP contribution is -2.29. The van der Waals surface area contributed by atoms with Gasteiger partial charge in [0, 0.05) is 15.2 Å². The van der Waals surface area contributed by atoms with Crippen LogP contribution in [0, 0.1) is 9.49 Å². The Morgan fingerprint density at radius 1 is 1.05 bits per heavy atom. The van der Waals surface area contributed by atoms with Crippen LogP contribution in [0.25, 0.3) is 0 Å². The van der Waals surface area contributed by atoms with Crippen LogP contribution in [0.3, 0.4) is 0 Å². The molecule has 0 fully saturated rings. The van der Waals surface area contributed by atoms with E-state index in [1.807, 2.05) is 12.1 Å². The Morgan fingerprint density at radius 2 is 1.91 bits per heavy atom. The van der Waals surface area contributed by atoms with Gasteiger partial charge in [-0.1, -0.05) is 41.4 Å². The van der Waals surface area contributed by atoms with Crippen molar-refractivity contribution >= 4 is 51.5 Å². The number of hydrogen-bond acceptors (Lipinski definition) is 1. The second-order valence-corrected chi connectivity index (χ2v) is 7.94. The van der Waals surface area contributed by atoms with Gasteiger partial charge in [-0.3, -0.25) is 0 Å². The number of benzene rings is 2. The molecule has 3 unspecified atom stereocenters. The molecule has 1 heterocycles. The largest absolute Gasteiger partial charge is 0.378 e. The molecule has 0 bridgehead atoms. The van der Waals surface area contributed by atoms with Crippen LogP contribution in [0.1, 0.15) is 29.5 Å². The first-order chi connectivity index (χ1) is 10.6. The highest BCUT2D eigenvalue weighted by molar-refractivity contribution is 14.1. The summed E-state index contributed by atoms with van der Waals surface area (Å²) in [4.78, 5) is 0. The standard InChI is InChI=1S/C18H14Cl2IN/c19-15-6-4-10(8-16(15)20)18-13-3-1-2-12(13)14-9-11(21)5-7-17(14)22-18/h1-2,4-9,12-13,18,22H,3H2. The summed E-state index contributed by atoms with van der Waals surface area (Å²) in [6, 6.07) is 12.9. The summed E-state index contributed by atoms with van der Waals surface area (Å²) in [7, 11) is 0. The number of hydrogen-bond donors (Lipinski definition) is 1. The molecule has 112 valence electrons. The number of fused-ring (bicyclic) bond motifs is 3. The van der Waals surface area contributed by atoms with Gasteiger partial charge in [-0.15, -0.1) is 0 Å². The summed E-state index contributed by atoms with van der Waals surface area (Å²) in [5, 5.41) is 4.94. The second kappa shape index (κ2) is 5.73. The lowest BCUT2D eigenvalue weighted by atomic mass is 9.77. The average molecular weight is 442 g/mol. The maximum atomic E-state index is 6.22. The van der Waals surface area contributed by atoms with Crippen molar-refractivity contribution in [1.82, 2.24) is 0 Å². The molecule has 2 aromatic carbocycles. The van der Waals surface area contributed by atoms with E-state index in [0.29, 0.717) is 21.9 Å².